The number of benzene rings is 2. The zero-order valence-corrected chi connectivity index (χ0v) is 15.9. The molecule has 0 spiro atoms. The second kappa shape index (κ2) is 7.04. The van der Waals surface area contributed by atoms with Gasteiger partial charge in [-0.2, -0.15) is 5.10 Å². The highest BCUT2D eigenvalue weighted by atomic mass is 19.2. The summed E-state index contributed by atoms with van der Waals surface area (Å²) in [4.78, 5) is 14.4. The molecular formula is C21H19F3N4O. The summed E-state index contributed by atoms with van der Waals surface area (Å²) in [6.07, 6.45) is 0. The van der Waals surface area contributed by atoms with Gasteiger partial charge in [0, 0.05) is 29.8 Å². The number of fused-ring (bicyclic) bond motifs is 1. The minimum absolute atomic E-state index is 0.0601. The fourth-order valence-corrected chi connectivity index (χ4v) is 3.59. The van der Waals surface area contributed by atoms with E-state index in [2.05, 4.69) is 15.5 Å². The normalized spacial score (nSPS) is 15.3. The number of H-pyrrole nitrogens is 1. The number of nitrogens with one attached hydrogen (secondary N) is 2. The quantitative estimate of drug-likeness (QED) is 0.641. The van der Waals surface area contributed by atoms with Crippen LogP contribution in [0.5, 0.6) is 0 Å². The average Bonchev–Trinajstić information content (AvgIpc) is 3.21. The van der Waals surface area contributed by atoms with Gasteiger partial charge in [0.1, 0.15) is 0 Å². The van der Waals surface area contributed by atoms with Crippen molar-refractivity contribution in [1.29, 1.82) is 0 Å². The Hall–Kier alpha value is -3.13. The predicted molar refractivity (Wildman–Crippen MR) is 102 cm³/mol. The Morgan fingerprint density at radius 3 is 2.59 bits per heavy atom. The molecule has 0 atom stereocenters. The summed E-state index contributed by atoms with van der Waals surface area (Å²) < 4.78 is 41.0. The highest BCUT2D eigenvalue weighted by Gasteiger charge is 2.41. The molecule has 1 amide bonds. The van der Waals surface area contributed by atoms with Gasteiger partial charge in [-0.3, -0.25) is 14.8 Å². The number of hydrogen-bond acceptors (Lipinski definition) is 3. The summed E-state index contributed by atoms with van der Waals surface area (Å²) in [5, 5.41) is 9.96. The fraction of sp³-hybridized carbons (Fsp3) is 0.238. The lowest BCUT2D eigenvalue weighted by Gasteiger charge is -2.31. The van der Waals surface area contributed by atoms with Crippen molar-refractivity contribution in [3.63, 3.8) is 0 Å². The molecule has 0 bridgehead atoms. The lowest BCUT2D eigenvalue weighted by atomic mass is 10.00. The zero-order valence-electron chi connectivity index (χ0n) is 15.9. The first-order valence-corrected chi connectivity index (χ1v) is 9.10. The second-order valence-electron chi connectivity index (χ2n) is 7.50. The van der Waals surface area contributed by atoms with Gasteiger partial charge in [0.15, 0.2) is 23.3 Å². The first-order valence-electron chi connectivity index (χ1n) is 9.10. The van der Waals surface area contributed by atoms with Crippen molar-refractivity contribution in [3.05, 3.63) is 82.3 Å². The van der Waals surface area contributed by atoms with Gasteiger partial charge in [0.2, 0.25) is 0 Å². The molecule has 0 unspecified atom stereocenters. The molecule has 0 saturated carbocycles. The standard InChI is InChI=1S/C21H19F3N4O/c1-21(2)18-14(11-28(21)10-13-8-9-15(22)17(24)16(13)23)19(27-26-18)25-20(29)12-6-4-3-5-7-12/h3-9H,10-11H2,1-2H3,(H2,25,26,27,29). The van der Waals surface area contributed by atoms with Crippen molar-refractivity contribution in [2.75, 3.05) is 5.32 Å². The number of nitrogens with zero attached hydrogens (tertiary/aromatic N) is 2. The van der Waals surface area contributed by atoms with Crippen LogP contribution in [0.1, 0.15) is 41.0 Å². The van der Waals surface area contributed by atoms with Gasteiger partial charge in [-0.15, -0.1) is 0 Å². The van der Waals surface area contributed by atoms with Crippen LogP contribution in [0.15, 0.2) is 42.5 Å². The number of rotatable bonds is 4. The highest BCUT2D eigenvalue weighted by molar-refractivity contribution is 6.04. The summed E-state index contributed by atoms with van der Waals surface area (Å²) in [5.41, 5.74) is 1.55. The van der Waals surface area contributed by atoms with E-state index in [0.29, 0.717) is 17.9 Å². The van der Waals surface area contributed by atoms with Gasteiger partial charge in [-0.1, -0.05) is 24.3 Å². The number of aromatic nitrogens is 2. The first kappa shape index (κ1) is 19.2. The van der Waals surface area contributed by atoms with E-state index in [1.54, 1.807) is 24.3 Å². The van der Waals surface area contributed by atoms with Crippen molar-refractivity contribution in [3.8, 4) is 0 Å². The monoisotopic (exact) mass is 400 g/mol. The van der Waals surface area contributed by atoms with Gasteiger partial charge in [0.25, 0.3) is 5.91 Å². The van der Waals surface area contributed by atoms with Crippen molar-refractivity contribution >= 4 is 11.7 Å². The van der Waals surface area contributed by atoms with Crippen LogP contribution < -0.4 is 5.32 Å². The minimum Gasteiger partial charge on any atom is -0.305 e. The average molecular weight is 400 g/mol. The first-order chi connectivity index (χ1) is 13.8. The van der Waals surface area contributed by atoms with Crippen LogP contribution in [-0.2, 0) is 18.6 Å². The lowest BCUT2D eigenvalue weighted by Crippen LogP contribution is -2.35. The number of carbonyl (C=O) groups is 1. The van der Waals surface area contributed by atoms with Crippen molar-refractivity contribution < 1.29 is 18.0 Å². The minimum atomic E-state index is -1.48. The molecular weight excluding hydrogens is 381 g/mol. The van der Waals surface area contributed by atoms with E-state index in [-0.39, 0.29) is 18.0 Å². The molecule has 150 valence electrons. The van der Waals surface area contributed by atoms with Gasteiger partial charge < -0.3 is 5.32 Å². The van der Waals surface area contributed by atoms with Crippen LogP contribution in [-0.4, -0.2) is 21.0 Å². The van der Waals surface area contributed by atoms with Crippen molar-refractivity contribution in [1.82, 2.24) is 15.1 Å². The van der Waals surface area contributed by atoms with Crippen LogP contribution >= 0.6 is 0 Å². The number of hydrogen-bond donors (Lipinski definition) is 2. The Kier molecular flexibility index (Phi) is 4.66. The van der Waals surface area contributed by atoms with Crippen LogP contribution in [0.2, 0.25) is 0 Å². The lowest BCUT2D eigenvalue weighted by molar-refractivity contribution is 0.102. The van der Waals surface area contributed by atoms with Crippen LogP contribution in [0, 0.1) is 17.5 Å². The molecule has 1 aliphatic rings. The molecule has 2 N–H and O–H groups in total. The predicted octanol–water partition coefficient (Wildman–Crippen LogP) is 4.33. The van der Waals surface area contributed by atoms with Crippen molar-refractivity contribution in [2.24, 2.45) is 0 Å². The highest BCUT2D eigenvalue weighted by Crippen LogP contribution is 2.41. The Balaban J connectivity index is 1.58. The number of anilines is 1. The number of halogens is 3. The van der Waals surface area contributed by atoms with E-state index in [1.165, 1.54) is 6.07 Å². The van der Waals surface area contributed by atoms with Gasteiger partial charge in [-0.25, -0.2) is 13.2 Å². The number of aromatic amines is 1. The summed E-state index contributed by atoms with van der Waals surface area (Å²) in [5.74, 6) is -3.77. The molecule has 8 heteroatoms. The Labute approximate surface area is 165 Å². The molecule has 4 rings (SSSR count). The maximum absolute atomic E-state index is 14.1. The zero-order chi connectivity index (χ0) is 20.8. The third-order valence-electron chi connectivity index (χ3n) is 5.36. The molecule has 29 heavy (non-hydrogen) atoms. The number of amides is 1. The molecule has 3 aromatic rings. The van der Waals surface area contributed by atoms with Crippen molar-refractivity contribution in [2.45, 2.75) is 32.5 Å². The Bertz CT molecular complexity index is 1080. The second-order valence-corrected chi connectivity index (χ2v) is 7.50. The molecule has 0 saturated heterocycles. The SMILES string of the molecule is CC1(C)c2[nH]nc(NC(=O)c3ccccc3)c2CN1Cc1ccc(F)c(F)c1F. The summed E-state index contributed by atoms with van der Waals surface area (Å²) in [7, 11) is 0. The fourth-order valence-electron chi connectivity index (χ4n) is 3.59. The van der Waals surface area contributed by atoms with Crippen LogP contribution in [0.4, 0.5) is 19.0 Å². The van der Waals surface area contributed by atoms with E-state index in [0.717, 1.165) is 17.3 Å². The van der Waals surface area contributed by atoms with E-state index in [1.807, 2.05) is 24.8 Å². The summed E-state index contributed by atoms with van der Waals surface area (Å²) in [6, 6.07) is 10.9. The van der Waals surface area contributed by atoms with E-state index < -0.39 is 23.0 Å². The molecule has 0 aliphatic carbocycles. The maximum atomic E-state index is 14.1. The molecule has 2 heterocycles. The Morgan fingerprint density at radius 2 is 1.86 bits per heavy atom. The van der Waals surface area contributed by atoms with Gasteiger partial charge >= 0.3 is 0 Å². The molecule has 1 aromatic heterocycles. The summed E-state index contributed by atoms with van der Waals surface area (Å²) in [6.45, 7) is 4.27. The largest absolute Gasteiger partial charge is 0.305 e. The van der Waals surface area contributed by atoms with E-state index >= 15 is 0 Å². The third kappa shape index (κ3) is 3.29. The van der Waals surface area contributed by atoms with E-state index in [4.69, 9.17) is 0 Å². The molecule has 5 nitrogen and oxygen atoms in total. The third-order valence-corrected chi connectivity index (χ3v) is 5.36. The van der Waals surface area contributed by atoms with Crippen LogP contribution in [0.3, 0.4) is 0 Å². The topological polar surface area (TPSA) is 61.0 Å². The van der Waals surface area contributed by atoms with Crippen LogP contribution in [0.25, 0.3) is 0 Å². The molecule has 2 aromatic carbocycles. The molecule has 0 radical (unpaired) electrons. The Morgan fingerprint density at radius 1 is 1.14 bits per heavy atom. The summed E-state index contributed by atoms with van der Waals surface area (Å²) >= 11 is 0. The molecule has 0 fully saturated rings. The smallest absolute Gasteiger partial charge is 0.256 e. The van der Waals surface area contributed by atoms with Gasteiger partial charge in [-0.05, 0) is 32.0 Å². The number of carbonyl (C=O) groups excluding carboxylic acids is 1. The van der Waals surface area contributed by atoms with E-state index in [9.17, 15) is 18.0 Å². The molecule has 1 aliphatic heterocycles. The van der Waals surface area contributed by atoms with Gasteiger partial charge in [0.05, 0.1) is 11.2 Å². The maximum Gasteiger partial charge on any atom is 0.256 e.